The highest BCUT2D eigenvalue weighted by atomic mass is 19.4. The zero-order valence-corrected chi connectivity index (χ0v) is 15.2. The minimum Gasteiger partial charge on any atom is -0.454 e. The van der Waals surface area contributed by atoms with Crippen molar-refractivity contribution in [3.63, 3.8) is 0 Å². The van der Waals surface area contributed by atoms with E-state index in [1.54, 1.807) is 4.90 Å². The van der Waals surface area contributed by atoms with Gasteiger partial charge >= 0.3 is 18.2 Å². The summed E-state index contributed by atoms with van der Waals surface area (Å²) < 4.78 is 44.4. The highest BCUT2D eigenvalue weighted by Crippen LogP contribution is 2.38. The Hall–Kier alpha value is -2.00. The summed E-state index contributed by atoms with van der Waals surface area (Å²) in [5.74, 6) is -0.171. The lowest BCUT2D eigenvalue weighted by Crippen LogP contribution is -2.53. The number of alkyl carbamates (subject to hydrolysis) is 1. The van der Waals surface area contributed by atoms with Crippen molar-refractivity contribution in [3.05, 3.63) is 0 Å². The molecular weight excluding hydrogens is 369 g/mol. The lowest BCUT2D eigenvalue weighted by molar-refractivity contribution is -0.160. The van der Waals surface area contributed by atoms with Crippen molar-refractivity contribution < 1.29 is 37.0 Å². The van der Waals surface area contributed by atoms with E-state index in [-0.39, 0.29) is 11.9 Å². The van der Waals surface area contributed by atoms with Crippen LogP contribution < -0.4 is 5.32 Å². The molecule has 1 heterocycles. The van der Waals surface area contributed by atoms with E-state index in [2.05, 4.69) is 11.7 Å². The minimum atomic E-state index is -4.65. The summed E-state index contributed by atoms with van der Waals surface area (Å²) >= 11 is 0. The van der Waals surface area contributed by atoms with Crippen LogP contribution in [0.4, 0.5) is 18.0 Å². The molecule has 2 amide bonds. The second-order valence-electron chi connectivity index (χ2n) is 7.07. The summed E-state index contributed by atoms with van der Waals surface area (Å²) in [6, 6.07) is 0.171. The predicted molar refractivity (Wildman–Crippen MR) is 87.6 cm³/mol. The summed E-state index contributed by atoms with van der Waals surface area (Å²) in [6.45, 7) is -0.0415. The number of halogens is 3. The van der Waals surface area contributed by atoms with Crippen LogP contribution in [-0.4, -0.2) is 61.4 Å². The number of hydrogen-bond acceptors (Lipinski definition) is 5. The fourth-order valence-electron chi connectivity index (χ4n) is 3.84. The smallest absolute Gasteiger partial charge is 0.422 e. The first-order valence-corrected chi connectivity index (χ1v) is 9.10. The number of carbonyl (C=O) groups is 3. The van der Waals surface area contributed by atoms with Crippen LogP contribution in [0.1, 0.15) is 39.0 Å². The first kappa shape index (κ1) is 21.3. The molecule has 10 heteroatoms. The Labute approximate surface area is 155 Å². The zero-order chi connectivity index (χ0) is 20.0. The quantitative estimate of drug-likeness (QED) is 0.723. The van der Waals surface area contributed by atoms with E-state index in [0.29, 0.717) is 18.4 Å². The number of fused-ring (bicyclic) bond motifs is 1. The van der Waals surface area contributed by atoms with E-state index in [9.17, 15) is 27.6 Å². The van der Waals surface area contributed by atoms with Gasteiger partial charge in [-0.15, -0.1) is 0 Å². The molecule has 0 spiro atoms. The van der Waals surface area contributed by atoms with Gasteiger partial charge in [-0.1, -0.05) is 19.8 Å². The number of rotatable bonds is 5. The molecule has 27 heavy (non-hydrogen) atoms. The highest BCUT2D eigenvalue weighted by molar-refractivity contribution is 5.83. The molecule has 0 aromatic heterocycles. The van der Waals surface area contributed by atoms with E-state index >= 15 is 0 Å². The molecule has 0 unspecified atom stereocenters. The van der Waals surface area contributed by atoms with Crippen molar-refractivity contribution >= 4 is 18.0 Å². The summed E-state index contributed by atoms with van der Waals surface area (Å²) in [7, 11) is 0. The Balaban J connectivity index is 1.71. The van der Waals surface area contributed by atoms with Crippen LogP contribution in [0.25, 0.3) is 0 Å². The maximum absolute atomic E-state index is 12.4. The minimum absolute atomic E-state index is 0.171. The Bertz CT molecular complexity index is 555. The summed E-state index contributed by atoms with van der Waals surface area (Å²) in [5.41, 5.74) is 0. The first-order chi connectivity index (χ1) is 12.7. The third-order valence-corrected chi connectivity index (χ3v) is 5.16. The van der Waals surface area contributed by atoms with Crippen LogP contribution in [0.3, 0.4) is 0 Å². The van der Waals surface area contributed by atoms with Gasteiger partial charge in [0, 0.05) is 12.6 Å². The molecule has 1 aliphatic heterocycles. The van der Waals surface area contributed by atoms with Gasteiger partial charge in [-0.05, 0) is 31.1 Å². The van der Waals surface area contributed by atoms with Crippen LogP contribution in [0.2, 0.25) is 0 Å². The van der Waals surface area contributed by atoms with E-state index in [1.165, 1.54) is 6.42 Å². The molecule has 154 valence electrons. The number of alkyl halides is 3. The van der Waals surface area contributed by atoms with Crippen molar-refractivity contribution in [2.24, 2.45) is 11.8 Å². The van der Waals surface area contributed by atoms with Crippen LogP contribution in [0.5, 0.6) is 0 Å². The van der Waals surface area contributed by atoms with Crippen LogP contribution >= 0.6 is 0 Å². The molecule has 0 bridgehead atoms. The van der Waals surface area contributed by atoms with Crippen molar-refractivity contribution in [2.75, 3.05) is 26.3 Å². The third-order valence-electron chi connectivity index (χ3n) is 5.16. The molecule has 2 rings (SSSR count). The fourth-order valence-corrected chi connectivity index (χ4v) is 3.84. The lowest BCUT2D eigenvalue weighted by Gasteiger charge is -2.47. The van der Waals surface area contributed by atoms with E-state index in [4.69, 9.17) is 4.74 Å². The van der Waals surface area contributed by atoms with Gasteiger partial charge in [-0.25, -0.2) is 4.79 Å². The lowest BCUT2D eigenvalue weighted by atomic mass is 9.72. The number of likely N-dealkylation sites (tertiary alicyclic amines) is 1. The Morgan fingerprint density at radius 3 is 2.52 bits per heavy atom. The van der Waals surface area contributed by atoms with Gasteiger partial charge in [-0.3, -0.25) is 9.59 Å². The average Bonchev–Trinajstić information content (AvgIpc) is 2.62. The molecule has 0 radical (unpaired) electrons. The fraction of sp³-hybridized carbons (Fsp3) is 0.824. The van der Waals surface area contributed by atoms with Gasteiger partial charge in [0.2, 0.25) is 0 Å². The second-order valence-corrected chi connectivity index (χ2v) is 7.07. The molecular formula is C17H25F3N2O5. The Morgan fingerprint density at radius 2 is 1.81 bits per heavy atom. The third kappa shape index (κ3) is 6.59. The normalized spacial score (nSPS) is 25.3. The molecule has 0 aromatic rings. The average molecular weight is 394 g/mol. The maximum atomic E-state index is 12.4. The van der Waals surface area contributed by atoms with Crippen molar-refractivity contribution in [3.8, 4) is 0 Å². The molecule has 1 saturated heterocycles. The predicted octanol–water partition coefficient (Wildman–Crippen LogP) is 2.25. The SMILES string of the molecule is C[C@@H]1CCN(C(=O)COC(=O)CNC(=O)OCC(F)(F)F)[C@@H]2CCCC[C@@H]12. The Morgan fingerprint density at radius 1 is 1.11 bits per heavy atom. The number of esters is 1. The standard InChI is InChI=1S/C17H25F3N2O5/c1-11-6-7-22(13-5-3-2-4-12(11)13)14(23)9-26-15(24)8-21-16(25)27-10-17(18,19)20/h11-13H,2-10H2,1H3,(H,21,25)/t11-,12+,13-/m1/s1. The molecule has 3 atom stereocenters. The van der Waals surface area contributed by atoms with Gasteiger partial charge in [-0.2, -0.15) is 13.2 Å². The van der Waals surface area contributed by atoms with Crippen molar-refractivity contribution in [1.82, 2.24) is 10.2 Å². The van der Waals surface area contributed by atoms with Crippen LogP contribution in [-0.2, 0) is 19.1 Å². The maximum Gasteiger partial charge on any atom is 0.422 e. The van der Waals surface area contributed by atoms with Crippen molar-refractivity contribution in [1.29, 1.82) is 0 Å². The monoisotopic (exact) mass is 394 g/mol. The van der Waals surface area contributed by atoms with Gasteiger partial charge in [0.05, 0.1) is 0 Å². The number of hydrogen-bond donors (Lipinski definition) is 1. The number of nitrogens with zero attached hydrogens (tertiary/aromatic N) is 1. The molecule has 1 aliphatic carbocycles. The molecule has 2 fully saturated rings. The Kier molecular flexibility index (Phi) is 7.32. The number of ether oxygens (including phenoxy) is 2. The summed E-state index contributed by atoms with van der Waals surface area (Å²) in [4.78, 5) is 36.8. The first-order valence-electron chi connectivity index (χ1n) is 9.10. The second kappa shape index (κ2) is 9.27. The largest absolute Gasteiger partial charge is 0.454 e. The van der Waals surface area contributed by atoms with Crippen LogP contribution in [0, 0.1) is 11.8 Å². The summed E-state index contributed by atoms with van der Waals surface area (Å²) in [6.07, 6.45) is -0.841. The van der Waals surface area contributed by atoms with Gasteiger partial charge in [0.15, 0.2) is 13.2 Å². The zero-order valence-electron chi connectivity index (χ0n) is 15.2. The molecule has 1 saturated carbocycles. The number of nitrogens with one attached hydrogen (secondary N) is 1. The number of carbonyl (C=O) groups excluding carboxylic acids is 3. The molecule has 1 N–H and O–H groups in total. The van der Waals surface area contributed by atoms with Crippen molar-refractivity contribution in [2.45, 2.75) is 51.2 Å². The summed E-state index contributed by atoms with van der Waals surface area (Å²) in [5, 5.41) is 1.85. The van der Waals surface area contributed by atoms with Crippen LogP contribution in [0.15, 0.2) is 0 Å². The van der Waals surface area contributed by atoms with E-state index < -0.39 is 38.0 Å². The molecule has 7 nitrogen and oxygen atoms in total. The molecule has 0 aromatic carbocycles. The number of amides is 2. The highest BCUT2D eigenvalue weighted by Gasteiger charge is 2.39. The molecule has 2 aliphatic rings. The number of piperidine rings is 1. The van der Waals surface area contributed by atoms with Gasteiger partial charge < -0.3 is 19.7 Å². The van der Waals surface area contributed by atoms with E-state index in [1.807, 2.05) is 5.32 Å². The van der Waals surface area contributed by atoms with E-state index in [0.717, 1.165) is 25.7 Å². The van der Waals surface area contributed by atoms with Gasteiger partial charge in [0.1, 0.15) is 6.54 Å². The van der Waals surface area contributed by atoms with Gasteiger partial charge in [0.25, 0.3) is 5.91 Å². The topological polar surface area (TPSA) is 84.9 Å².